The number of halogens is 4. The second-order valence-electron chi connectivity index (χ2n) is 6.94. The molecular formula is C24H20BrCl3N2O3S. The van der Waals surface area contributed by atoms with Crippen LogP contribution in [0.4, 0.5) is 0 Å². The molecule has 178 valence electrons. The molecule has 10 heteroatoms. The van der Waals surface area contributed by atoms with E-state index >= 15 is 0 Å². The molecule has 0 aliphatic carbocycles. The molecule has 3 rings (SSSR count). The van der Waals surface area contributed by atoms with E-state index in [4.69, 9.17) is 44.3 Å². The largest absolute Gasteiger partial charge is 0.493 e. The Morgan fingerprint density at radius 3 is 2.62 bits per heavy atom. The molecule has 0 saturated heterocycles. The smallest absolute Gasteiger partial charge is 0.250 e. The number of amides is 1. The van der Waals surface area contributed by atoms with Crippen LogP contribution in [0.2, 0.25) is 15.1 Å². The summed E-state index contributed by atoms with van der Waals surface area (Å²) in [7, 11) is 1.54. The maximum Gasteiger partial charge on any atom is 0.250 e. The van der Waals surface area contributed by atoms with Gasteiger partial charge in [-0.1, -0.05) is 59.1 Å². The molecule has 0 atom stereocenters. The lowest BCUT2D eigenvalue weighted by molar-refractivity contribution is -0.118. The van der Waals surface area contributed by atoms with Crippen LogP contribution in [0.3, 0.4) is 0 Å². The highest BCUT2D eigenvalue weighted by Crippen LogP contribution is 2.37. The van der Waals surface area contributed by atoms with Crippen LogP contribution in [0.5, 0.6) is 11.5 Å². The number of rotatable bonds is 10. The van der Waals surface area contributed by atoms with E-state index < -0.39 is 0 Å². The lowest BCUT2D eigenvalue weighted by atomic mass is 10.2. The van der Waals surface area contributed by atoms with Crippen molar-refractivity contribution in [1.82, 2.24) is 5.43 Å². The van der Waals surface area contributed by atoms with Crippen LogP contribution >= 0.6 is 62.5 Å². The molecule has 0 fully saturated rings. The highest BCUT2D eigenvalue weighted by Gasteiger charge is 2.13. The number of carbonyl (C=O) groups is 1. The molecule has 3 aromatic rings. The van der Waals surface area contributed by atoms with Crippen molar-refractivity contribution >= 4 is 74.6 Å². The lowest BCUT2D eigenvalue weighted by Crippen LogP contribution is -2.19. The van der Waals surface area contributed by atoms with Crippen LogP contribution in [0.1, 0.15) is 16.7 Å². The summed E-state index contributed by atoms with van der Waals surface area (Å²) in [6.45, 7) is 0.236. The SMILES string of the molecule is COc1cc(/C=N\NC(=O)CSCc2ccccc2Cl)cc(Br)c1OCc1ccc(Cl)cc1Cl. The molecule has 0 unspecified atom stereocenters. The summed E-state index contributed by atoms with van der Waals surface area (Å²) in [6.07, 6.45) is 1.53. The first-order valence-corrected chi connectivity index (χ1v) is 13.0. The van der Waals surface area contributed by atoms with Crippen LogP contribution in [0, 0.1) is 0 Å². The van der Waals surface area contributed by atoms with Gasteiger partial charge in [0.25, 0.3) is 0 Å². The third kappa shape index (κ3) is 7.82. The molecular weight excluding hydrogens is 583 g/mol. The fraction of sp³-hybridized carbons (Fsp3) is 0.167. The molecule has 5 nitrogen and oxygen atoms in total. The normalized spacial score (nSPS) is 11.0. The average molecular weight is 603 g/mol. The molecule has 1 amide bonds. The zero-order chi connectivity index (χ0) is 24.5. The summed E-state index contributed by atoms with van der Waals surface area (Å²) >= 11 is 23.3. The Bertz CT molecular complexity index is 1190. The Kier molecular flexibility index (Phi) is 10.4. The Morgan fingerprint density at radius 1 is 1.09 bits per heavy atom. The van der Waals surface area contributed by atoms with Gasteiger partial charge in [0.2, 0.25) is 5.91 Å². The number of hydrogen-bond donors (Lipinski definition) is 1. The van der Waals surface area contributed by atoms with E-state index in [9.17, 15) is 4.79 Å². The van der Waals surface area contributed by atoms with Crippen molar-refractivity contribution in [3.8, 4) is 11.5 Å². The van der Waals surface area contributed by atoms with E-state index in [1.165, 1.54) is 18.0 Å². The molecule has 0 spiro atoms. The van der Waals surface area contributed by atoms with Gasteiger partial charge >= 0.3 is 0 Å². The van der Waals surface area contributed by atoms with Gasteiger partial charge in [0.1, 0.15) is 6.61 Å². The predicted molar refractivity (Wildman–Crippen MR) is 145 cm³/mol. The number of thioether (sulfide) groups is 1. The van der Waals surface area contributed by atoms with Gasteiger partial charge in [-0.3, -0.25) is 4.79 Å². The predicted octanol–water partition coefficient (Wildman–Crippen LogP) is 7.38. The number of ether oxygens (including phenoxy) is 2. The quantitative estimate of drug-likeness (QED) is 0.194. The Hall–Kier alpha value is -1.90. The van der Waals surface area contributed by atoms with Crippen LogP contribution in [-0.4, -0.2) is 25.0 Å². The van der Waals surface area contributed by atoms with Crippen LogP contribution < -0.4 is 14.9 Å². The van der Waals surface area contributed by atoms with Gasteiger partial charge in [-0.05, 0) is 57.4 Å². The second kappa shape index (κ2) is 13.3. The van der Waals surface area contributed by atoms with Crippen LogP contribution in [0.25, 0.3) is 0 Å². The lowest BCUT2D eigenvalue weighted by Gasteiger charge is -2.14. The van der Waals surface area contributed by atoms with Gasteiger partial charge in [0.15, 0.2) is 11.5 Å². The van der Waals surface area contributed by atoms with Crippen molar-refractivity contribution in [2.75, 3.05) is 12.9 Å². The van der Waals surface area contributed by atoms with Gasteiger partial charge < -0.3 is 9.47 Å². The highest BCUT2D eigenvalue weighted by molar-refractivity contribution is 9.10. The second-order valence-corrected chi connectivity index (χ2v) is 10.0. The van der Waals surface area contributed by atoms with Gasteiger partial charge in [-0.2, -0.15) is 5.10 Å². The molecule has 34 heavy (non-hydrogen) atoms. The molecule has 0 bridgehead atoms. The van der Waals surface area contributed by atoms with Gasteiger partial charge in [-0.15, -0.1) is 11.8 Å². The zero-order valence-corrected chi connectivity index (χ0v) is 22.7. The first kappa shape index (κ1) is 26.7. The molecule has 3 aromatic carbocycles. The van der Waals surface area contributed by atoms with Crippen molar-refractivity contribution in [3.05, 3.63) is 90.8 Å². The number of nitrogens with zero attached hydrogens (tertiary/aromatic N) is 1. The van der Waals surface area contributed by atoms with E-state index in [1.807, 2.05) is 36.4 Å². The number of hydrogen-bond acceptors (Lipinski definition) is 5. The minimum Gasteiger partial charge on any atom is -0.493 e. The molecule has 0 aliphatic heterocycles. The number of nitrogens with one attached hydrogen (secondary N) is 1. The number of hydrazone groups is 1. The maximum absolute atomic E-state index is 12.1. The van der Waals surface area contributed by atoms with E-state index in [-0.39, 0.29) is 18.3 Å². The molecule has 0 aliphatic rings. The topological polar surface area (TPSA) is 59.9 Å². The van der Waals surface area contributed by atoms with Crippen molar-refractivity contribution < 1.29 is 14.3 Å². The summed E-state index contributed by atoms with van der Waals surface area (Å²) in [5, 5.41) is 5.80. The highest BCUT2D eigenvalue weighted by atomic mass is 79.9. The van der Waals surface area contributed by atoms with Crippen molar-refractivity contribution in [2.24, 2.45) is 5.10 Å². The fourth-order valence-corrected chi connectivity index (χ4v) is 4.97. The molecule has 0 aromatic heterocycles. The number of benzene rings is 3. The van der Waals surface area contributed by atoms with E-state index in [1.54, 1.807) is 25.3 Å². The molecule has 0 heterocycles. The van der Waals surface area contributed by atoms with E-state index in [0.717, 1.165) is 11.1 Å². The monoisotopic (exact) mass is 600 g/mol. The summed E-state index contributed by atoms with van der Waals surface area (Å²) in [5.74, 6) is 1.71. The summed E-state index contributed by atoms with van der Waals surface area (Å²) in [4.78, 5) is 12.1. The zero-order valence-electron chi connectivity index (χ0n) is 18.0. The first-order valence-electron chi connectivity index (χ1n) is 9.94. The summed E-state index contributed by atoms with van der Waals surface area (Å²) in [6, 6.07) is 16.3. The minimum atomic E-state index is -0.209. The third-order valence-electron chi connectivity index (χ3n) is 4.49. The summed E-state index contributed by atoms with van der Waals surface area (Å²) < 4.78 is 12.1. The fourth-order valence-electron chi connectivity index (χ4n) is 2.82. The Labute approximate surface area is 225 Å². The van der Waals surface area contributed by atoms with E-state index in [0.29, 0.717) is 42.4 Å². The maximum atomic E-state index is 12.1. The van der Waals surface area contributed by atoms with Crippen molar-refractivity contribution in [1.29, 1.82) is 0 Å². The average Bonchev–Trinajstić information content (AvgIpc) is 2.80. The number of carbonyl (C=O) groups excluding carboxylic acids is 1. The van der Waals surface area contributed by atoms with Gasteiger partial charge in [-0.25, -0.2) is 5.43 Å². The standard InChI is InChI=1S/C24H20BrCl3N2O3S/c1-32-22-9-15(8-19(25)24(22)33-12-16-6-7-18(26)10-21(16)28)11-29-30-23(31)14-34-13-17-4-2-3-5-20(17)27/h2-11H,12-14H2,1H3,(H,30,31)/b29-11-. The minimum absolute atomic E-state index is 0.209. The number of methoxy groups -OCH3 is 1. The van der Waals surface area contributed by atoms with Crippen LogP contribution in [0.15, 0.2) is 64.2 Å². The van der Waals surface area contributed by atoms with Crippen molar-refractivity contribution in [3.63, 3.8) is 0 Å². The molecule has 0 saturated carbocycles. The van der Waals surface area contributed by atoms with Gasteiger partial charge in [0, 0.05) is 26.4 Å². The van der Waals surface area contributed by atoms with E-state index in [2.05, 4.69) is 26.5 Å². The molecule has 1 N–H and O–H groups in total. The van der Waals surface area contributed by atoms with Crippen molar-refractivity contribution in [2.45, 2.75) is 12.4 Å². The van der Waals surface area contributed by atoms with Crippen LogP contribution in [-0.2, 0) is 17.2 Å². The summed E-state index contributed by atoms with van der Waals surface area (Å²) in [5.41, 5.74) is 5.02. The first-order chi connectivity index (χ1) is 16.4. The van der Waals surface area contributed by atoms with Gasteiger partial charge in [0.05, 0.1) is 23.5 Å². The Balaban J connectivity index is 1.55. The Morgan fingerprint density at radius 2 is 1.88 bits per heavy atom. The molecule has 0 radical (unpaired) electrons. The third-order valence-corrected chi connectivity index (χ3v) is 7.02.